The smallest absolute Gasteiger partial charge is 0.283 e. The van der Waals surface area contributed by atoms with E-state index in [2.05, 4.69) is 26.3 Å². The van der Waals surface area contributed by atoms with Crippen molar-refractivity contribution in [2.75, 3.05) is 25.6 Å². The molecule has 0 radical (unpaired) electrons. The lowest BCUT2D eigenvalue weighted by molar-refractivity contribution is 0.164. The molecule has 106 valence electrons. The summed E-state index contributed by atoms with van der Waals surface area (Å²) in [4.78, 5) is 12.0. The van der Waals surface area contributed by atoms with E-state index in [-0.39, 0.29) is 11.7 Å². The van der Waals surface area contributed by atoms with E-state index in [1.54, 1.807) is 13.3 Å². The molecule has 1 aliphatic rings. The van der Waals surface area contributed by atoms with Gasteiger partial charge in [0.2, 0.25) is 0 Å². The summed E-state index contributed by atoms with van der Waals surface area (Å²) >= 11 is 3.27. The number of anilines is 1. The summed E-state index contributed by atoms with van der Waals surface area (Å²) in [5, 5.41) is 16.9. The molecular weight excluding hydrogens is 314 g/mol. The van der Waals surface area contributed by atoms with Crippen molar-refractivity contribution in [3.05, 3.63) is 21.0 Å². The first kappa shape index (κ1) is 14.5. The molecule has 0 amide bonds. The maximum atomic E-state index is 12.0. The van der Waals surface area contributed by atoms with E-state index in [0.29, 0.717) is 35.8 Å². The predicted octanol–water partition coefficient (Wildman–Crippen LogP) is 0.835. The molecular formula is C12H18BrN3O3. The Bertz CT molecular complexity index is 488. The van der Waals surface area contributed by atoms with Crippen LogP contribution in [0.1, 0.15) is 12.8 Å². The average Bonchev–Trinajstić information content (AvgIpc) is 3.23. The average molecular weight is 332 g/mol. The van der Waals surface area contributed by atoms with Crippen LogP contribution in [0.25, 0.3) is 0 Å². The molecule has 1 aromatic rings. The summed E-state index contributed by atoms with van der Waals surface area (Å²) in [6.45, 7) is 1.29. The Morgan fingerprint density at radius 3 is 3.05 bits per heavy atom. The van der Waals surface area contributed by atoms with Crippen LogP contribution in [0.15, 0.2) is 15.5 Å². The summed E-state index contributed by atoms with van der Waals surface area (Å²) in [7, 11) is 1.58. The highest BCUT2D eigenvalue weighted by molar-refractivity contribution is 9.10. The van der Waals surface area contributed by atoms with Crippen LogP contribution in [-0.2, 0) is 11.3 Å². The second-order valence-corrected chi connectivity index (χ2v) is 5.47. The van der Waals surface area contributed by atoms with Crippen LogP contribution in [0.2, 0.25) is 0 Å². The first-order valence-corrected chi connectivity index (χ1v) is 7.09. The van der Waals surface area contributed by atoms with Gasteiger partial charge in [0, 0.05) is 13.7 Å². The molecule has 1 unspecified atom stereocenters. The molecule has 2 rings (SSSR count). The quantitative estimate of drug-likeness (QED) is 0.774. The van der Waals surface area contributed by atoms with E-state index < -0.39 is 0 Å². The number of aliphatic hydroxyl groups excluding tert-OH is 1. The minimum absolute atomic E-state index is 0.206. The van der Waals surface area contributed by atoms with Gasteiger partial charge in [-0.2, -0.15) is 5.10 Å². The third-order valence-electron chi connectivity index (χ3n) is 3.16. The molecule has 0 bridgehead atoms. The number of aliphatic hydroxyl groups is 1. The monoisotopic (exact) mass is 331 g/mol. The second-order valence-electron chi connectivity index (χ2n) is 4.68. The molecule has 1 heterocycles. The molecule has 19 heavy (non-hydrogen) atoms. The Kier molecular flexibility index (Phi) is 4.95. The molecule has 1 aromatic heterocycles. The van der Waals surface area contributed by atoms with Crippen molar-refractivity contribution in [2.45, 2.75) is 25.5 Å². The third-order valence-corrected chi connectivity index (χ3v) is 3.93. The first-order chi connectivity index (χ1) is 9.13. The van der Waals surface area contributed by atoms with Crippen molar-refractivity contribution < 1.29 is 9.84 Å². The number of nitrogens with one attached hydrogen (secondary N) is 1. The number of aromatic nitrogens is 2. The fourth-order valence-electron chi connectivity index (χ4n) is 1.79. The third kappa shape index (κ3) is 3.77. The van der Waals surface area contributed by atoms with Crippen LogP contribution in [-0.4, -0.2) is 41.3 Å². The van der Waals surface area contributed by atoms with Gasteiger partial charge in [0.1, 0.15) is 4.47 Å². The maximum Gasteiger partial charge on any atom is 0.283 e. The van der Waals surface area contributed by atoms with Crippen LogP contribution in [0.3, 0.4) is 0 Å². The lowest BCUT2D eigenvalue weighted by Crippen LogP contribution is -2.28. The molecule has 0 aliphatic heterocycles. The number of halogens is 1. The summed E-state index contributed by atoms with van der Waals surface area (Å²) in [5.74, 6) is 0.404. The van der Waals surface area contributed by atoms with Gasteiger partial charge in [-0.05, 0) is 34.7 Å². The summed E-state index contributed by atoms with van der Waals surface area (Å²) in [6, 6.07) is 0. The van der Waals surface area contributed by atoms with E-state index in [9.17, 15) is 9.90 Å². The second kappa shape index (κ2) is 6.49. The van der Waals surface area contributed by atoms with Crippen LogP contribution in [0, 0.1) is 5.92 Å². The molecule has 1 fully saturated rings. The van der Waals surface area contributed by atoms with Crippen molar-refractivity contribution in [1.82, 2.24) is 9.78 Å². The standard InChI is InChI=1S/C12H18BrN3O3/c1-19-5-4-16-12(18)11(13)9(6-15-16)14-7-10(17)8-2-3-8/h6,8,10,14,17H,2-5,7H2,1H3. The first-order valence-electron chi connectivity index (χ1n) is 6.30. The lowest BCUT2D eigenvalue weighted by Gasteiger charge is -2.13. The van der Waals surface area contributed by atoms with Gasteiger partial charge < -0.3 is 15.2 Å². The van der Waals surface area contributed by atoms with E-state index in [1.807, 2.05) is 0 Å². The molecule has 2 N–H and O–H groups in total. The van der Waals surface area contributed by atoms with Crippen LogP contribution in [0.4, 0.5) is 5.69 Å². The topological polar surface area (TPSA) is 76.4 Å². The highest BCUT2D eigenvalue weighted by Gasteiger charge is 2.29. The summed E-state index contributed by atoms with van der Waals surface area (Å²) in [5.41, 5.74) is 0.404. The normalized spacial score (nSPS) is 16.4. The van der Waals surface area contributed by atoms with Crippen molar-refractivity contribution >= 4 is 21.6 Å². The van der Waals surface area contributed by atoms with E-state index >= 15 is 0 Å². The Hall–Kier alpha value is -0.920. The van der Waals surface area contributed by atoms with Crippen molar-refractivity contribution in [3.8, 4) is 0 Å². The van der Waals surface area contributed by atoms with Crippen LogP contribution in [0.5, 0.6) is 0 Å². The number of ether oxygens (including phenoxy) is 1. The summed E-state index contributed by atoms with van der Waals surface area (Å²) in [6.07, 6.45) is 3.39. The largest absolute Gasteiger partial charge is 0.391 e. The van der Waals surface area contributed by atoms with E-state index in [1.165, 1.54) is 4.68 Å². The fraction of sp³-hybridized carbons (Fsp3) is 0.667. The van der Waals surface area contributed by atoms with E-state index in [4.69, 9.17) is 4.74 Å². The number of rotatable bonds is 7. The van der Waals surface area contributed by atoms with E-state index in [0.717, 1.165) is 12.8 Å². The molecule has 0 spiro atoms. The van der Waals surface area contributed by atoms with Gasteiger partial charge in [-0.25, -0.2) is 4.68 Å². The minimum atomic E-state index is -0.358. The molecule has 1 saturated carbocycles. The molecule has 7 heteroatoms. The van der Waals surface area contributed by atoms with Crippen molar-refractivity contribution in [1.29, 1.82) is 0 Å². The fourth-order valence-corrected chi connectivity index (χ4v) is 2.23. The van der Waals surface area contributed by atoms with Gasteiger partial charge in [0.05, 0.1) is 31.1 Å². The van der Waals surface area contributed by atoms with Gasteiger partial charge in [-0.3, -0.25) is 4.79 Å². The van der Waals surface area contributed by atoms with Gasteiger partial charge in [0.15, 0.2) is 0 Å². The number of hydrogen-bond acceptors (Lipinski definition) is 5. The highest BCUT2D eigenvalue weighted by Crippen LogP contribution is 2.32. The maximum absolute atomic E-state index is 12.0. The zero-order chi connectivity index (χ0) is 13.8. The van der Waals surface area contributed by atoms with Gasteiger partial charge in [-0.15, -0.1) is 0 Å². The lowest BCUT2D eigenvalue weighted by atomic mass is 10.2. The van der Waals surface area contributed by atoms with Crippen molar-refractivity contribution in [3.63, 3.8) is 0 Å². The Balaban J connectivity index is 2.00. The predicted molar refractivity (Wildman–Crippen MR) is 75.3 cm³/mol. The van der Waals surface area contributed by atoms with Gasteiger partial charge in [-0.1, -0.05) is 0 Å². The molecule has 0 aromatic carbocycles. The van der Waals surface area contributed by atoms with Gasteiger partial charge in [0.25, 0.3) is 5.56 Å². The van der Waals surface area contributed by atoms with Crippen LogP contribution >= 0.6 is 15.9 Å². The zero-order valence-corrected chi connectivity index (χ0v) is 12.4. The number of nitrogens with zero attached hydrogens (tertiary/aromatic N) is 2. The molecule has 0 saturated heterocycles. The Morgan fingerprint density at radius 2 is 2.42 bits per heavy atom. The number of methoxy groups -OCH3 is 1. The molecule has 1 aliphatic carbocycles. The Morgan fingerprint density at radius 1 is 1.68 bits per heavy atom. The minimum Gasteiger partial charge on any atom is -0.391 e. The van der Waals surface area contributed by atoms with Crippen molar-refractivity contribution in [2.24, 2.45) is 5.92 Å². The zero-order valence-electron chi connectivity index (χ0n) is 10.8. The molecule has 1 atom stereocenters. The van der Waals surface area contributed by atoms with Crippen LogP contribution < -0.4 is 10.9 Å². The SMILES string of the molecule is COCCn1ncc(NCC(O)C2CC2)c(Br)c1=O. The van der Waals surface area contributed by atoms with Gasteiger partial charge >= 0.3 is 0 Å². The Labute approximate surface area is 119 Å². The molecule has 6 nitrogen and oxygen atoms in total. The number of hydrogen-bond donors (Lipinski definition) is 2. The summed E-state index contributed by atoms with van der Waals surface area (Å²) < 4.78 is 6.69. The highest BCUT2D eigenvalue weighted by atomic mass is 79.9.